The van der Waals surface area contributed by atoms with Crippen LogP contribution in [0.25, 0.3) is 5.69 Å². The van der Waals surface area contributed by atoms with Crippen LogP contribution in [0.4, 0.5) is 0 Å². The van der Waals surface area contributed by atoms with Gasteiger partial charge < -0.3 is 5.11 Å². The van der Waals surface area contributed by atoms with E-state index in [4.69, 9.17) is 16.7 Å². The number of halogens is 1. The smallest absolute Gasteiger partial charge is 0.313 e. The van der Waals surface area contributed by atoms with Gasteiger partial charge in [0.1, 0.15) is 5.03 Å². The van der Waals surface area contributed by atoms with Crippen molar-refractivity contribution in [3.05, 3.63) is 41.0 Å². The second-order valence-electron chi connectivity index (χ2n) is 4.29. The molecule has 2 aromatic rings. The quantitative estimate of drug-likeness (QED) is 0.827. The van der Waals surface area contributed by atoms with Gasteiger partial charge in [-0.3, -0.25) is 4.79 Å². The van der Waals surface area contributed by atoms with E-state index in [1.165, 1.54) is 11.8 Å². The van der Waals surface area contributed by atoms with Gasteiger partial charge in [-0.1, -0.05) is 36.7 Å². The van der Waals surface area contributed by atoms with Gasteiger partial charge in [-0.05, 0) is 36.8 Å². The Morgan fingerprint density at radius 2 is 2.10 bits per heavy atom. The van der Waals surface area contributed by atoms with Gasteiger partial charge in [0.05, 0.1) is 17.1 Å². The number of carboxylic acid groups (broad SMARTS) is 1. The highest BCUT2D eigenvalue weighted by Gasteiger charge is 2.11. The first kappa shape index (κ1) is 14.9. The van der Waals surface area contributed by atoms with Crippen LogP contribution < -0.4 is 0 Å². The van der Waals surface area contributed by atoms with E-state index in [9.17, 15) is 4.79 Å². The molecule has 6 heteroatoms. The number of thioether (sulfide) groups is 1. The van der Waals surface area contributed by atoms with Crippen molar-refractivity contribution in [1.82, 2.24) is 9.78 Å². The highest BCUT2D eigenvalue weighted by molar-refractivity contribution is 7.99. The lowest BCUT2D eigenvalue weighted by atomic mass is 10.3. The minimum atomic E-state index is -0.837. The lowest BCUT2D eigenvalue weighted by Crippen LogP contribution is -2.02. The van der Waals surface area contributed by atoms with Crippen molar-refractivity contribution in [2.24, 2.45) is 0 Å². The molecule has 1 heterocycles. The summed E-state index contributed by atoms with van der Waals surface area (Å²) < 4.78 is 1.77. The molecule has 0 amide bonds. The number of aromatic nitrogens is 2. The molecule has 20 heavy (non-hydrogen) atoms. The van der Waals surface area contributed by atoms with Crippen molar-refractivity contribution in [2.45, 2.75) is 24.8 Å². The molecule has 0 spiro atoms. The van der Waals surface area contributed by atoms with Crippen LogP contribution in [-0.4, -0.2) is 26.6 Å². The van der Waals surface area contributed by atoms with Crippen molar-refractivity contribution in [2.75, 3.05) is 5.75 Å². The molecule has 0 aliphatic carbocycles. The molecule has 0 aliphatic rings. The number of hydrogen-bond donors (Lipinski definition) is 1. The molecular weight excluding hydrogens is 296 g/mol. The molecule has 1 aromatic heterocycles. The van der Waals surface area contributed by atoms with Crippen LogP contribution in [0.1, 0.15) is 19.0 Å². The third kappa shape index (κ3) is 3.77. The number of benzene rings is 1. The summed E-state index contributed by atoms with van der Waals surface area (Å²) in [6, 6.07) is 9.28. The van der Waals surface area contributed by atoms with E-state index >= 15 is 0 Å². The van der Waals surface area contributed by atoms with Gasteiger partial charge >= 0.3 is 5.97 Å². The fourth-order valence-corrected chi connectivity index (χ4v) is 2.68. The third-order valence-corrected chi connectivity index (χ3v) is 3.88. The Morgan fingerprint density at radius 3 is 2.70 bits per heavy atom. The standard InChI is InChI=1S/C14H15ClN2O2S/c1-2-3-11-8-13(20-9-14(18)19)17(16-11)12-6-4-10(15)5-7-12/h4-8H,2-3,9H2,1H3,(H,18,19). The first-order valence-corrected chi connectivity index (χ1v) is 7.66. The number of nitrogens with zero attached hydrogens (tertiary/aromatic N) is 2. The first-order valence-electron chi connectivity index (χ1n) is 6.29. The van der Waals surface area contributed by atoms with E-state index < -0.39 is 5.97 Å². The van der Waals surface area contributed by atoms with Gasteiger partial charge in [0.2, 0.25) is 0 Å². The molecule has 0 fully saturated rings. The summed E-state index contributed by atoms with van der Waals surface area (Å²) in [6.07, 6.45) is 1.88. The van der Waals surface area contributed by atoms with Crippen molar-refractivity contribution in [3.63, 3.8) is 0 Å². The molecular formula is C14H15ClN2O2S. The van der Waals surface area contributed by atoms with Gasteiger partial charge in [-0.25, -0.2) is 4.68 Å². The summed E-state index contributed by atoms with van der Waals surface area (Å²) in [5, 5.41) is 14.8. The zero-order valence-corrected chi connectivity index (χ0v) is 12.6. The molecule has 0 aliphatic heterocycles. The molecule has 0 bridgehead atoms. The predicted molar refractivity (Wildman–Crippen MR) is 80.9 cm³/mol. The number of carboxylic acids is 1. The molecule has 0 saturated heterocycles. The van der Waals surface area contributed by atoms with E-state index in [2.05, 4.69) is 12.0 Å². The Hall–Kier alpha value is -1.46. The average molecular weight is 311 g/mol. The molecule has 1 aromatic carbocycles. The molecule has 0 radical (unpaired) electrons. The van der Waals surface area contributed by atoms with Crippen LogP contribution in [0.2, 0.25) is 5.02 Å². The SMILES string of the molecule is CCCc1cc(SCC(=O)O)n(-c2ccc(Cl)cc2)n1. The molecule has 0 saturated carbocycles. The summed E-state index contributed by atoms with van der Waals surface area (Å²) in [4.78, 5) is 10.7. The van der Waals surface area contributed by atoms with Crippen LogP contribution >= 0.6 is 23.4 Å². The fraction of sp³-hybridized carbons (Fsp3) is 0.286. The van der Waals surface area contributed by atoms with Crippen molar-refractivity contribution >= 4 is 29.3 Å². The predicted octanol–water partition coefficient (Wildman–Crippen LogP) is 3.65. The highest BCUT2D eigenvalue weighted by Crippen LogP contribution is 2.24. The van der Waals surface area contributed by atoms with Gasteiger partial charge in [0, 0.05) is 5.02 Å². The molecule has 1 N–H and O–H groups in total. The number of hydrogen-bond acceptors (Lipinski definition) is 3. The number of rotatable bonds is 6. The largest absolute Gasteiger partial charge is 0.481 e. The van der Waals surface area contributed by atoms with Gasteiger partial charge in [-0.2, -0.15) is 5.10 Å². The van der Waals surface area contributed by atoms with Gasteiger partial charge in [0.25, 0.3) is 0 Å². The monoisotopic (exact) mass is 310 g/mol. The number of carbonyl (C=O) groups is 1. The van der Waals surface area contributed by atoms with Crippen LogP contribution in [-0.2, 0) is 11.2 Å². The fourth-order valence-electron chi connectivity index (χ4n) is 1.79. The Morgan fingerprint density at radius 1 is 1.40 bits per heavy atom. The summed E-state index contributed by atoms with van der Waals surface area (Å²) in [5.74, 6) is -0.818. The minimum absolute atomic E-state index is 0.0187. The zero-order valence-electron chi connectivity index (χ0n) is 11.0. The Kier molecular flexibility index (Phi) is 5.09. The van der Waals surface area contributed by atoms with Crippen LogP contribution in [0.5, 0.6) is 0 Å². The number of aliphatic carboxylic acids is 1. The van der Waals surface area contributed by atoms with E-state index in [-0.39, 0.29) is 5.75 Å². The second kappa shape index (κ2) is 6.81. The topological polar surface area (TPSA) is 55.1 Å². The van der Waals surface area contributed by atoms with E-state index in [1.807, 2.05) is 18.2 Å². The van der Waals surface area contributed by atoms with Crippen LogP contribution in [0.15, 0.2) is 35.4 Å². The van der Waals surface area contributed by atoms with Crippen molar-refractivity contribution < 1.29 is 9.90 Å². The van der Waals surface area contributed by atoms with E-state index in [1.54, 1.807) is 16.8 Å². The van der Waals surface area contributed by atoms with Crippen molar-refractivity contribution in [1.29, 1.82) is 0 Å². The molecule has 0 atom stereocenters. The second-order valence-corrected chi connectivity index (χ2v) is 5.73. The maximum atomic E-state index is 10.7. The summed E-state index contributed by atoms with van der Waals surface area (Å²) in [6.45, 7) is 2.09. The molecule has 0 unspecified atom stereocenters. The zero-order chi connectivity index (χ0) is 14.5. The average Bonchev–Trinajstić information content (AvgIpc) is 2.81. The highest BCUT2D eigenvalue weighted by atomic mass is 35.5. The molecule has 106 valence electrons. The molecule has 2 rings (SSSR count). The summed E-state index contributed by atoms with van der Waals surface area (Å²) in [5.41, 5.74) is 1.85. The Bertz CT molecular complexity index is 596. The Labute approximate surface area is 126 Å². The van der Waals surface area contributed by atoms with Crippen molar-refractivity contribution in [3.8, 4) is 5.69 Å². The molecule has 4 nitrogen and oxygen atoms in total. The Balaban J connectivity index is 2.33. The van der Waals surface area contributed by atoms with Crippen LogP contribution in [0.3, 0.4) is 0 Å². The minimum Gasteiger partial charge on any atom is -0.481 e. The lowest BCUT2D eigenvalue weighted by Gasteiger charge is -2.06. The van der Waals surface area contributed by atoms with E-state index in [0.717, 1.165) is 29.2 Å². The number of aryl methyl sites for hydroxylation is 1. The van der Waals surface area contributed by atoms with Gasteiger partial charge in [-0.15, -0.1) is 0 Å². The maximum absolute atomic E-state index is 10.7. The first-order chi connectivity index (χ1) is 9.60. The third-order valence-electron chi connectivity index (χ3n) is 2.65. The lowest BCUT2D eigenvalue weighted by molar-refractivity contribution is -0.133. The summed E-state index contributed by atoms with van der Waals surface area (Å²) >= 11 is 7.15. The summed E-state index contributed by atoms with van der Waals surface area (Å²) in [7, 11) is 0. The van der Waals surface area contributed by atoms with Crippen LogP contribution in [0, 0.1) is 0 Å². The van der Waals surface area contributed by atoms with Gasteiger partial charge in [0.15, 0.2) is 0 Å². The maximum Gasteiger partial charge on any atom is 0.313 e. The normalized spacial score (nSPS) is 10.7. The van der Waals surface area contributed by atoms with E-state index in [0.29, 0.717) is 5.02 Å².